The van der Waals surface area contributed by atoms with E-state index in [2.05, 4.69) is 4.74 Å². The Morgan fingerprint density at radius 3 is 2.05 bits per heavy atom. The molecule has 1 aliphatic rings. The van der Waals surface area contributed by atoms with Gasteiger partial charge in [-0.25, -0.2) is 9.59 Å². The van der Waals surface area contributed by atoms with Crippen molar-refractivity contribution in [3.8, 4) is 0 Å². The summed E-state index contributed by atoms with van der Waals surface area (Å²) in [5, 5.41) is 10.0. The summed E-state index contributed by atoms with van der Waals surface area (Å²) in [5.74, 6) is -0.655. The highest BCUT2D eigenvalue weighted by Crippen LogP contribution is 2.14. The van der Waals surface area contributed by atoms with Crippen molar-refractivity contribution in [3.05, 3.63) is 0 Å². The number of β-amino-alcohol motifs (C(OH)–C–C–N with tert-alkyl or cyclic N) is 1. The lowest BCUT2D eigenvalue weighted by Gasteiger charge is -2.37. The maximum atomic E-state index is 11.9. The van der Waals surface area contributed by atoms with Crippen LogP contribution in [0, 0.1) is 0 Å². The summed E-state index contributed by atoms with van der Waals surface area (Å²) >= 11 is 0. The zero-order valence-corrected chi connectivity index (χ0v) is 13.5. The van der Waals surface area contributed by atoms with E-state index in [1.54, 1.807) is 4.90 Å². The number of hydrogen-bond donors (Lipinski definition) is 1. The molecule has 1 saturated heterocycles. The first-order chi connectivity index (χ1) is 9.55. The van der Waals surface area contributed by atoms with Gasteiger partial charge in [-0.15, -0.1) is 0 Å². The van der Waals surface area contributed by atoms with Crippen LogP contribution in [0.3, 0.4) is 0 Å². The van der Waals surface area contributed by atoms with E-state index in [4.69, 9.17) is 4.74 Å². The number of aliphatic hydroxyl groups is 1. The minimum atomic E-state index is -1.54. The maximum absolute atomic E-state index is 11.9. The zero-order valence-electron chi connectivity index (χ0n) is 13.5. The quantitative estimate of drug-likeness (QED) is 0.763. The van der Waals surface area contributed by atoms with E-state index in [-0.39, 0.29) is 12.6 Å². The van der Waals surface area contributed by atoms with Crippen molar-refractivity contribution in [1.82, 2.24) is 9.80 Å². The van der Waals surface area contributed by atoms with E-state index in [0.717, 1.165) is 0 Å². The van der Waals surface area contributed by atoms with Crippen LogP contribution in [0.15, 0.2) is 0 Å². The van der Waals surface area contributed by atoms with E-state index in [1.807, 2.05) is 25.7 Å². The average Bonchev–Trinajstić information content (AvgIpc) is 2.36. The summed E-state index contributed by atoms with van der Waals surface area (Å²) in [4.78, 5) is 26.9. The number of methoxy groups -OCH3 is 1. The van der Waals surface area contributed by atoms with Gasteiger partial charge in [0.2, 0.25) is 0 Å². The van der Waals surface area contributed by atoms with Gasteiger partial charge in [0.05, 0.1) is 7.11 Å². The Morgan fingerprint density at radius 2 is 1.62 bits per heavy atom. The highest BCUT2D eigenvalue weighted by atomic mass is 16.6. The number of amides is 1. The summed E-state index contributed by atoms with van der Waals surface area (Å²) in [6, 6.07) is 0. The summed E-state index contributed by atoms with van der Waals surface area (Å²) in [7, 11) is 1.25. The third kappa shape index (κ3) is 5.51. The van der Waals surface area contributed by atoms with Crippen LogP contribution in [0.1, 0.15) is 27.7 Å². The van der Waals surface area contributed by atoms with Gasteiger partial charge in [-0.3, -0.25) is 4.90 Å². The number of rotatable bonds is 3. The normalized spacial score (nSPS) is 19.8. The van der Waals surface area contributed by atoms with Crippen LogP contribution in [0.25, 0.3) is 0 Å². The van der Waals surface area contributed by atoms with E-state index in [0.29, 0.717) is 26.2 Å². The third-order valence-corrected chi connectivity index (χ3v) is 3.18. The summed E-state index contributed by atoms with van der Waals surface area (Å²) in [6.07, 6.45) is -0.332. The van der Waals surface area contributed by atoms with Crippen molar-refractivity contribution >= 4 is 12.1 Å². The van der Waals surface area contributed by atoms with Gasteiger partial charge < -0.3 is 19.5 Å². The molecule has 1 rings (SSSR count). The van der Waals surface area contributed by atoms with Crippen LogP contribution in [-0.4, -0.2) is 78.0 Å². The molecular formula is C14H26N2O5. The largest absolute Gasteiger partial charge is 0.467 e. The van der Waals surface area contributed by atoms with E-state index in [9.17, 15) is 14.7 Å². The molecule has 0 aromatic rings. The molecule has 7 nitrogen and oxygen atoms in total. The Morgan fingerprint density at radius 1 is 1.10 bits per heavy atom. The van der Waals surface area contributed by atoms with Gasteiger partial charge in [0, 0.05) is 32.7 Å². The van der Waals surface area contributed by atoms with Gasteiger partial charge in [-0.2, -0.15) is 0 Å². The summed E-state index contributed by atoms with van der Waals surface area (Å²) in [5.41, 5.74) is -2.05. The molecule has 1 aliphatic heterocycles. The number of carbonyl (C=O) groups is 2. The molecule has 0 saturated carbocycles. The molecule has 0 spiro atoms. The first-order valence-electron chi connectivity index (χ1n) is 7.06. The molecule has 1 heterocycles. The number of carbonyl (C=O) groups excluding carboxylic acids is 2. The fraction of sp³-hybridized carbons (Fsp3) is 0.857. The lowest BCUT2D eigenvalue weighted by atomic mass is 10.1. The fourth-order valence-corrected chi connectivity index (χ4v) is 2.13. The van der Waals surface area contributed by atoms with Crippen molar-refractivity contribution in [2.24, 2.45) is 0 Å². The maximum Gasteiger partial charge on any atom is 0.410 e. The van der Waals surface area contributed by atoms with Crippen molar-refractivity contribution < 1.29 is 24.2 Å². The van der Waals surface area contributed by atoms with Crippen LogP contribution in [0.5, 0.6) is 0 Å². The van der Waals surface area contributed by atoms with Crippen molar-refractivity contribution in [2.45, 2.75) is 38.9 Å². The third-order valence-electron chi connectivity index (χ3n) is 3.18. The van der Waals surface area contributed by atoms with Crippen LogP contribution in [-0.2, 0) is 14.3 Å². The standard InChI is InChI=1S/C14H26N2O5/c1-13(2,3)21-12(18)16-8-6-15(7-9-16)10-14(4,19)11(17)20-5/h19H,6-10H2,1-5H3. The number of ether oxygens (including phenoxy) is 2. The Hall–Kier alpha value is -1.34. The number of piperazine rings is 1. The summed E-state index contributed by atoms with van der Waals surface area (Å²) in [6.45, 7) is 9.26. The molecule has 0 radical (unpaired) electrons. The first-order valence-corrected chi connectivity index (χ1v) is 7.06. The molecule has 1 fully saturated rings. The molecule has 1 amide bonds. The van der Waals surface area contributed by atoms with Gasteiger partial charge in [-0.1, -0.05) is 0 Å². The topological polar surface area (TPSA) is 79.3 Å². The molecule has 1 N–H and O–H groups in total. The Labute approximate surface area is 125 Å². The molecule has 1 atom stereocenters. The monoisotopic (exact) mass is 302 g/mol. The second-order valence-electron chi connectivity index (χ2n) is 6.51. The minimum absolute atomic E-state index is 0.182. The van der Waals surface area contributed by atoms with Crippen LogP contribution in [0.2, 0.25) is 0 Å². The molecule has 7 heteroatoms. The molecule has 0 aromatic carbocycles. The fourth-order valence-electron chi connectivity index (χ4n) is 2.13. The lowest BCUT2D eigenvalue weighted by Crippen LogP contribution is -2.55. The summed E-state index contributed by atoms with van der Waals surface area (Å²) < 4.78 is 9.88. The Balaban J connectivity index is 2.46. The molecule has 21 heavy (non-hydrogen) atoms. The van der Waals surface area contributed by atoms with E-state index in [1.165, 1.54) is 14.0 Å². The van der Waals surface area contributed by atoms with Gasteiger partial charge in [0.1, 0.15) is 5.60 Å². The second kappa shape index (κ2) is 6.62. The van der Waals surface area contributed by atoms with Crippen LogP contribution in [0.4, 0.5) is 4.79 Å². The molecule has 0 aromatic heterocycles. The smallest absolute Gasteiger partial charge is 0.410 e. The van der Waals surface area contributed by atoms with Gasteiger partial charge in [0.15, 0.2) is 5.60 Å². The van der Waals surface area contributed by atoms with Crippen molar-refractivity contribution in [1.29, 1.82) is 0 Å². The van der Waals surface area contributed by atoms with E-state index >= 15 is 0 Å². The Bertz CT molecular complexity index is 381. The number of hydrogen-bond acceptors (Lipinski definition) is 6. The SMILES string of the molecule is COC(=O)C(C)(O)CN1CCN(C(=O)OC(C)(C)C)CC1. The van der Waals surface area contributed by atoms with Gasteiger partial charge in [-0.05, 0) is 27.7 Å². The number of nitrogens with zero attached hydrogens (tertiary/aromatic N) is 2. The molecule has 122 valence electrons. The first kappa shape index (κ1) is 17.7. The van der Waals surface area contributed by atoms with Crippen LogP contribution < -0.4 is 0 Å². The molecule has 0 bridgehead atoms. The predicted molar refractivity (Wildman–Crippen MR) is 76.9 cm³/mol. The Kier molecular flexibility index (Phi) is 5.58. The van der Waals surface area contributed by atoms with Crippen molar-refractivity contribution in [2.75, 3.05) is 39.8 Å². The van der Waals surface area contributed by atoms with Gasteiger partial charge in [0.25, 0.3) is 0 Å². The van der Waals surface area contributed by atoms with Crippen molar-refractivity contribution in [3.63, 3.8) is 0 Å². The lowest BCUT2D eigenvalue weighted by molar-refractivity contribution is -0.162. The molecule has 1 unspecified atom stereocenters. The zero-order chi connectivity index (χ0) is 16.3. The van der Waals surface area contributed by atoms with E-state index < -0.39 is 17.2 Å². The van der Waals surface area contributed by atoms with Gasteiger partial charge >= 0.3 is 12.1 Å². The van der Waals surface area contributed by atoms with Crippen LogP contribution >= 0.6 is 0 Å². The molecular weight excluding hydrogens is 276 g/mol. The highest BCUT2D eigenvalue weighted by molar-refractivity contribution is 5.78. The molecule has 0 aliphatic carbocycles. The predicted octanol–water partition coefficient (Wildman–Crippen LogP) is 0.463. The highest BCUT2D eigenvalue weighted by Gasteiger charge is 2.35. The minimum Gasteiger partial charge on any atom is -0.467 e. The second-order valence-corrected chi connectivity index (χ2v) is 6.51. The average molecular weight is 302 g/mol. The number of esters is 1.